The van der Waals surface area contributed by atoms with Gasteiger partial charge in [-0.25, -0.2) is 0 Å². The van der Waals surface area contributed by atoms with Gasteiger partial charge in [0.25, 0.3) is 0 Å². The molecule has 5 heteroatoms. The number of nitrogens with one attached hydrogen (secondary N) is 2. The number of amides is 1. The van der Waals surface area contributed by atoms with Crippen molar-refractivity contribution >= 4 is 18.0 Å². The second-order valence-electron chi connectivity index (χ2n) is 7.86. The Morgan fingerprint density at radius 3 is 2.08 bits per heavy atom. The van der Waals surface area contributed by atoms with Crippen LogP contribution < -0.4 is 10.6 Å². The lowest BCUT2D eigenvalue weighted by molar-refractivity contribution is -0.132. The lowest BCUT2D eigenvalue weighted by Gasteiger charge is -2.23. The number of ketones is 1. The van der Waals surface area contributed by atoms with Gasteiger partial charge in [0.05, 0.1) is 12.1 Å². The molecule has 0 heterocycles. The van der Waals surface area contributed by atoms with Gasteiger partial charge >= 0.3 is 0 Å². The van der Waals surface area contributed by atoms with Gasteiger partial charge in [-0.05, 0) is 38.1 Å². The second-order valence-corrected chi connectivity index (χ2v) is 7.86. The van der Waals surface area contributed by atoms with Gasteiger partial charge in [0.2, 0.25) is 5.91 Å². The molecule has 0 aliphatic carbocycles. The van der Waals surface area contributed by atoms with E-state index < -0.39 is 6.04 Å². The number of hydrogen-bond donors (Lipinski definition) is 2. The summed E-state index contributed by atoms with van der Waals surface area (Å²) in [5, 5.41) is 5.90. The van der Waals surface area contributed by atoms with E-state index in [0.717, 1.165) is 25.5 Å². The third-order valence-electron chi connectivity index (χ3n) is 4.38. The van der Waals surface area contributed by atoms with Crippen LogP contribution >= 0.6 is 0 Å². The number of aldehydes is 1. The van der Waals surface area contributed by atoms with E-state index in [1.807, 2.05) is 13.8 Å². The molecule has 0 aromatic heterocycles. The van der Waals surface area contributed by atoms with Crippen LogP contribution in [0.4, 0.5) is 0 Å². The highest BCUT2D eigenvalue weighted by molar-refractivity contribution is 5.90. The van der Waals surface area contributed by atoms with Crippen molar-refractivity contribution in [3.8, 4) is 0 Å². The molecule has 2 N–H and O–H groups in total. The number of Topliss-reactive ketones (excluding diaryl/α,β-unsaturated/α-hetero) is 1. The summed E-state index contributed by atoms with van der Waals surface area (Å²) in [5.74, 6) is 0.252. The summed E-state index contributed by atoms with van der Waals surface area (Å²) in [6.45, 7) is 10.3. The molecule has 0 bridgehead atoms. The first kappa shape index (κ1) is 23.8. The standard InChI is InChI=1S/C20H38N2O3/c1-7-8-9-17(13-23)22-20(25)16(10-14(2)3)12-19(24)18(21-6)11-15(4)5/h13-18,21H,7-12H2,1-6H3,(H,22,25)/t16-,17+,18+/m1/s1. The summed E-state index contributed by atoms with van der Waals surface area (Å²) in [7, 11) is 1.79. The van der Waals surface area contributed by atoms with Crippen LogP contribution in [0.25, 0.3) is 0 Å². The fraction of sp³-hybridized carbons (Fsp3) is 0.850. The summed E-state index contributed by atoms with van der Waals surface area (Å²) in [4.78, 5) is 36.5. The molecule has 0 aromatic carbocycles. The van der Waals surface area contributed by atoms with Crippen LogP contribution in [0.2, 0.25) is 0 Å². The smallest absolute Gasteiger partial charge is 0.224 e. The number of carbonyl (C=O) groups is 3. The average molecular weight is 355 g/mol. The Labute approximate surface area is 153 Å². The zero-order valence-corrected chi connectivity index (χ0v) is 16.9. The van der Waals surface area contributed by atoms with E-state index in [1.54, 1.807) is 7.05 Å². The van der Waals surface area contributed by atoms with Crippen LogP contribution in [0.5, 0.6) is 0 Å². The van der Waals surface area contributed by atoms with Crippen LogP contribution in [0.15, 0.2) is 0 Å². The summed E-state index contributed by atoms with van der Waals surface area (Å²) >= 11 is 0. The van der Waals surface area contributed by atoms with Gasteiger partial charge in [0, 0.05) is 12.3 Å². The Morgan fingerprint density at radius 2 is 1.64 bits per heavy atom. The largest absolute Gasteiger partial charge is 0.346 e. The molecular formula is C20H38N2O3. The van der Waals surface area contributed by atoms with Crippen molar-refractivity contribution in [2.24, 2.45) is 17.8 Å². The molecule has 0 radical (unpaired) electrons. The number of likely N-dealkylation sites (N-methyl/N-ethyl adjacent to an activating group) is 1. The van der Waals surface area contributed by atoms with Gasteiger partial charge in [-0.15, -0.1) is 0 Å². The summed E-state index contributed by atoms with van der Waals surface area (Å²) in [6, 6.07) is -0.669. The van der Waals surface area contributed by atoms with E-state index >= 15 is 0 Å². The number of carbonyl (C=O) groups excluding carboxylic acids is 3. The van der Waals surface area contributed by atoms with E-state index in [4.69, 9.17) is 0 Å². The second kappa shape index (κ2) is 13.0. The van der Waals surface area contributed by atoms with E-state index in [1.165, 1.54) is 0 Å². The summed E-state index contributed by atoms with van der Waals surface area (Å²) in [6.07, 6.45) is 4.97. The SMILES string of the molecule is CCCC[C@@H](C=O)NC(=O)[C@@H](CC(=O)[C@H](CC(C)C)NC)CC(C)C. The van der Waals surface area contributed by atoms with E-state index in [9.17, 15) is 14.4 Å². The Bertz CT molecular complexity index is 408. The van der Waals surface area contributed by atoms with Crippen LogP contribution in [-0.2, 0) is 14.4 Å². The highest BCUT2D eigenvalue weighted by Gasteiger charge is 2.28. The van der Waals surface area contributed by atoms with Gasteiger partial charge in [-0.3, -0.25) is 9.59 Å². The lowest BCUT2D eigenvalue weighted by atomic mass is 9.88. The monoisotopic (exact) mass is 354 g/mol. The third kappa shape index (κ3) is 10.4. The fourth-order valence-corrected chi connectivity index (χ4v) is 3.02. The molecule has 0 aromatic rings. The Kier molecular flexibility index (Phi) is 12.4. The van der Waals surface area contributed by atoms with Crippen LogP contribution in [0.1, 0.15) is 73.1 Å². The summed E-state index contributed by atoms with van der Waals surface area (Å²) in [5.41, 5.74) is 0. The molecular weight excluding hydrogens is 316 g/mol. The number of rotatable bonds is 14. The van der Waals surface area contributed by atoms with Crippen LogP contribution in [-0.4, -0.2) is 37.1 Å². The zero-order chi connectivity index (χ0) is 19.4. The van der Waals surface area contributed by atoms with Crippen molar-refractivity contribution in [1.82, 2.24) is 10.6 Å². The van der Waals surface area contributed by atoms with Gasteiger partial charge in [0.1, 0.15) is 6.29 Å². The maximum atomic E-state index is 12.6. The Morgan fingerprint density at radius 1 is 1.04 bits per heavy atom. The van der Waals surface area contributed by atoms with Crippen molar-refractivity contribution in [2.45, 2.75) is 85.2 Å². The van der Waals surface area contributed by atoms with E-state index in [2.05, 4.69) is 31.4 Å². The van der Waals surface area contributed by atoms with Crippen molar-refractivity contribution in [2.75, 3.05) is 7.05 Å². The Hall–Kier alpha value is -1.23. The molecule has 1 amide bonds. The average Bonchev–Trinajstić information content (AvgIpc) is 2.54. The molecule has 0 rings (SSSR count). The maximum absolute atomic E-state index is 12.6. The topological polar surface area (TPSA) is 75.3 Å². The molecule has 0 saturated carbocycles. The van der Waals surface area contributed by atoms with Gasteiger partial charge in [-0.2, -0.15) is 0 Å². The van der Waals surface area contributed by atoms with Gasteiger partial charge < -0.3 is 15.4 Å². The highest BCUT2D eigenvalue weighted by atomic mass is 16.2. The fourth-order valence-electron chi connectivity index (χ4n) is 3.02. The minimum absolute atomic E-state index is 0.0770. The van der Waals surface area contributed by atoms with E-state index in [-0.39, 0.29) is 30.1 Å². The molecule has 0 fully saturated rings. The van der Waals surface area contributed by atoms with Crippen LogP contribution in [0, 0.1) is 17.8 Å². The first-order chi connectivity index (χ1) is 11.7. The molecule has 25 heavy (non-hydrogen) atoms. The first-order valence-electron chi connectivity index (χ1n) is 9.70. The normalized spacial score (nSPS) is 15.0. The quantitative estimate of drug-likeness (QED) is 0.470. The van der Waals surface area contributed by atoms with Crippen molar-refractivity contribution in [3.05, 3.63) is 0 Å². The minimum Gasteiger partial charge on any atom is -0.346 e. The summed E-state index contributed by atoms with van der Waals surface area (Å²) < 4.78 is 0. The molecule has 146 valence electrons. The predicted molar refractivity (Wildman–Crippen MR) is 102 cm³/mol. The lowest BCUT2D eigenvalue weighted by Crippen LogP contribution is -2.43. The van der Waals surface area contributed by atoms with Crippen LogP contribution in [0.3, 0.4) is 0 Å². The van der Waals surface area contributed by atoms with E-state index in [0.29, 0.717) is 24.7 Å². The molecule has 0 aliphatic rings. The Balaban J connectivity index is 4.94. The molecule has 5 nitrogen and oxygen atoms in total. The van der Waals surface area contributed by atoms with Gasteiger partial charge in [0.15, 0.2) is 5.78 Å². The number of unbranched alkanes of at least 4 members (excludes halogenated alkanes) is 1. The maximum Gasteiger partial charge on any atom is 0.224 e. The zero-order valence-electron chi connectivity index (χ0n) is 16.9. The molecule has 3 atom stereocenters. The number of hydrogen-bond acceptors (Lipinski definition) is 4. The highest BCUT2D eigenvalue weighted by Crippen LogP contribution is 2.19. The van der Waals surface area contributed by atoms with Crippen molar-refractivity contribution < 1.29 is 14.4 Å². The van der Waals surface area contributed by atoms with Crippen molar-refractivity contribution in [1.29, 1.82) is 0 Å². The molecule has 0 unspecified atom stereocenters. The first-order valence-corrected chi connectivity index (χ1v) is 9.70. The minimum atomic E-state index is -0.451. The molecule has 0 aliphatic heterocycles. The predicted octanol–water partition coefficient (Wildman–Crippen LogP) is 3.12. The van der Waals surface area contributed by atoms with Gasteiger partial charge in [-0.1, -0.05) is 47.5 Å². The molecule has 0 saturated heterocycles. The third-order valence-corrected chi connectivity index (χ3v) is 4.38. The van der Waals surface area contributed by atoms with Crippen molar-refractivity contribution in [3.63, 3.8) is 0 Å². The molecule has 0 spiro atoms.